The van der Waals surface area contributed by atoms with E-state index in [4.69, 9.17) is 9.72 Å². The molecule has 4 rings (SSSR count). The van der Waals surface area contributed by atoms with Gasteiger partial charge in [-0.3, -0.25) is 9.59 Å². The molecule has 3 aromatic rings. The van der Waals surface area contributed by atoms with Crippen LogP contribution in [0.1, 0.15) is 12.5 Å². The van der Waals surface area contributed by atoms with Gasteiger partial charge >= 0.3 is 0 Å². The van der Waals surface area contributed by atoms with E-state index in [9.17, 15) is 9.59 Å². The number of anilines is 2. The fourth-order valence-electron chi connectivity index (χ4n) is 4.09. The van der Waals surface area contributed by atoms with Crippen LogP contribution in [-0.2, 0) is 16.0 Å². The Hall–Kier alpha value is -4.14. The first-order valence-electron chi connectivity index (χ1n) is 12.1. The Morgan fingerprint density at radius 3 is 2.44 bits per heavy atom. The summed E-state index contributed by atoms with van der Waals surface area (Å²) in [5.74, 6) is 2.93. The van der Waals surface area contributed by atoms with Crippen molar-refractivity contribution in [2.45, 2.75) is 13.3 Å². The summed E-state index contributed by atoms with van der Waals surface area (Å²) in [6.45, 7) is 5.16. The molecule has 1 fully saturated rings. The molecule has 0 unspecified atom stereocenters. The third kappa shape index (κ3) is 6.71. The molecule has 0 atom stereocenters. The number of benzene rings is 2. The van der Waals surface area contributed by atoms with E-state index in [1.807, 2.05) is 65.6 Å². The molecular weight excluding hydrogens is 456 g/mol. The van der Waals surface area contributed by atoms with Crippen molar-refractivity contribution in [2.24, 2.45) is 0 Å². The van der Waals surface area contributed by atoms with Gasteiger partial charge in [0.15, 0.2) is 5.82 Å². The molecule has 36 heavy (non-hydrogen) atoms. The van der Waals surface area contributed by atoms with Crippen molar-refractivity contribution in [2.75, 3.05) is 56.6 Å². The van der Waals surface area contributed by atoms with Gasteiger partial charge in [0.05, 0.1) is 13.5 Å². The van der Waals surface area contributed by atoms with Gasteiger partial charge < -0.3 is 25.2 Å². The molecule has 0 saturated carbocycles. The molecule has 188 valence electrons. The van der Waals surface area contributed by atoms with Gasteiger partial charge in [0, 0.05) is 57.8 Å². The lowest BCUT2D eigenvalue weighted by molar-refractivity contribution is -0.130. The van der Waals surface area contributed by atoms with Gasteiger partial charge in [-0.2, -0.15) is 0 Å². The zero-order chi connectivity index (χ0) is 25.3. The van der Waals surface area contributed by atoms with Gasteiger partial charge in [0.25, 0.3) is 0 Å². The second-order valence-electron chi connectivity index (χ2n) is 8.61. The monoisotopic (exact) mass is 488 g/mol. The maximum absolute atomic E-state index is 12.9. The van der Waals surface area contributed by atoms with Gasteiger partial charge in [-0.05, 0) is 17.7 Å². The summed E-state index contributed by atoms with van der Waals surface area (Å²) in [5, 5.41) is 6.07. The number of carbonyl (C=O) groups excluding carboxylic acids is 2. The number of nitrogens with one attached hydrogen (secondary N) is 2. The average Bonchev–Trinajstić information content (AvgIpc) is 2.91. The van der Waals surface area contributed by atoms with E-state index in [0.717, 1.165) is 22.7 Å². The molecule has 1 aliphatic rings. The molecule has 2 aromatic carbocycles. The molecular formula is C27H32N6O3. The molecule has 1 aliphatic heterocycles. The highest BCUT2D eigenvalue weighted by atomic mass is 16.5. The average molecular weight is 489 g/mol. The number of rotatable bonds is 9. The van der Waals surface area contributed by atoms with Crippen LogP contribution < -0.4 is 20.3 Å². The molecule has 1 aromatic heterocycles. The van der Waals surface area contributed by atoms with Crippen LogP contribution in [0.25, 0.3) is 11.4 Å². The van der Waals surface area contributed by atoms with E-state index in [1.54, 1.807) is 7.11 Å². The highest BCUT2D eigenvalue weighted by Gasteiger charge is 2.23. The number of carbonyl (C=O) groups is 2. The maximum Gasteiger partial charge on any atom is 0.227 e. The van der Waals surface area contributed by atoms with Crippen LogP contribution in [0.15, 0.2) is 60.7 Å². The third-order valence-corrected chi connectivity index (χ3v) is 6.00. The molecule has 0 radical (unpaired) electrons. The van der Waals surface area contributed by atoms with Crippen molar-refractivity contribution in [3.8, 4) is 17.1 Å². The Morgan fingerprint density at radius 2 is 1.72 bits per heavy atom. The number of aromatic nitrogens is 2. The lowest BCUT2D eigenvalue weighted by atomic mass is 10.1. The SMILES string of the molecule is COc1cccc(CC(=O)N2CCN(c3cc(NCCNC(C)=O)nc(-c4ccccc4)n3)CC2)c1. The highest BCUT2D eigenvalue weighted by Crippen LogP contribution is 2.24. The molecule has 9 heteroatoms. The van der Waals surface area contributed by atoms with Crippen molar-refractivity contribution in [1.82, 2.24) is 20.2 Å². The molecule has 0 bridgehead atoms. The minimum Gasteiger partial charge on any atom is -0.497 e. The summed E-state index contributed by atoms with van der Waals surface area (Å²) in [6, 6.07) is 19.4. The third-order valence-electron chi connectivity index (χ3n) is 6.00. The smallest absolute Gasteiger partial charge is 0.227 e. The van der Waals surface area contributed by atoms with Gasteiger partial charge in [0.2, 0.25) is 11.8 Å². The van der Waals surface area contributed by atoms with E-state index >= 15 is 0 Å². The van der Waals surface area contributed by atoms with Gasteiger partial charge in [-0.15, -0.1) is 0 Å². The van der Waals surface area contributed by atoms with Gasteiger partial charge in [-0.1, -0.05) is 42.5 Å². The second-order valence-corrected chi connectivity index (χ2v) is 8.61. The van der Waals surface area contributed by atoms with Crippen LogP contribution in [0.5, 0.6) is 5.75 Å². The maximum atomic E-state index is 12.9. The van der Waals surface area contributed by atoms with Crippen LogP contribution in [-0.4, -0.2) is 73.1 Å². The molecule has 2 heterocycles. The van der Waals surface area contributed by atoms with E-state index in [0.29, 0.717) is 57.3 Å². The summed E-state index contributed by atoms with van der Waals surface area (Å²) in [5.41, 5.74) is 1.87. The highest BCUT2D eigenvalue weighted by molar-refractivity contribution is 5.79. The van der Waals surface area contributed by atoms with Gasteiger partial charge in [0.1, 0.15) is 17.4 Å². The van der Waals surface area contributed by atoms with Crippen LogP contribution in [0.2, 0.25) is 0 Å². The van der Waals surface area contributed by atoms with E-state index in [-0.39, 0.29) is 11.8 Å². The normalized spacial score (nSPS) is 13.3. The first-order valence-corrected chi connectivity index (χ1v) is 12.1. The second kappa shape index (κ2) is 12.0. The topological polar surface area (TPSA) is 99.7 Å². The summed E-state index contributed by atoms with van der Waals surface area (Å²) < 4.78 is 5.27. The van der Waals surface area contributed by atoms with Crippen LogP contribution in [0.4, 0.5) is 11.6 Å². The Kier molecular flexibility index (Phi) is 8.33. The quantitative estimate of drug-likeness (QED) is 0.447. The predicted octanol–water partition coefficient (Wildman–Crippen LogP) is 2.59. The Labute approximate surface area is 211 Å². The Bertz CT molecular complexity index is 1180. The fraction of sp³-hybridized carbons (Fsp3) is 0.333. The largest absolute Gasteiger partial charge is 0.497 e. The first-order chi connectivity index (χ1) is 17.5. The van der Waals surface area contributed by atoms with Crippen molar-refractivity contribution in [3.05, 3.63) is 66.2 Å². The number of hydrogen-bond donors (Lipinski definition) is 2. The number of ether oxygens (including phenoxy) is 1. The fourth-order valence-corrected chi connectivity index (χ4v) is 4.09. The summed E-state index contributed by atoms with van der Waals surface area (Å²) in [4.78, 5) is 37.7. The first kappa shape index (κ1) is 25.0. The van der Waals surface area contributed by atoms with Crippen molar-refractivity contribution in [3.63, 3.8) is 0 Å². The Balaban J connectivity index is 1.43. The number of piperazine rings is 1. The Morgan fingerprint density at radius 1 is 0.944 bits per heavy atom. The van der Waals surface area contributed by atoms with E-state index in [2.05, 4.69) is 20.5 Å². The standard InChI is InChI=1S/C27H32N6O3/c1-20(34)28-11-12-29-24-19-25(31-27(30-24)22-8-4-3-5-9-22)32-13-15-33(16-14-32)26(35)18-21-7-6-10-23(17-21)36-2/h3-10,17,19H,11-16,18H2,1-2H3,(H,28,34)(H,29,30,31). The predicted molar refractivity (Wildman–Crippen MR) is 140 cm³/mol. The van der Waals surface area contributed by atoms with Gasteiger partial charge in [-0.25, -0.2) is 9.97 Å². The lowest BCUT2D eigenvalue weighted by Gasteiger charge is -2.35. The van der Waals surface area contributed by atoms with Crippen molar-refractivity contribution in [1.29, 1.82) is 0 Å². The molecule has 0 spiro atoms. The zero-order valence-corrected chi connectivity index (χ0v) is 20.7. The van der Waals surface area contributed by atoms with E-state index < -0.39 is 0 Å². The minimum absolute atomic E-state index is 0.0658. The molecule has 2 amide bonds. The minimum atomic E-state index is -0.0658. The molecule has 2 N–H and O–H groups in total. The van der Waals surface area contributed by atoms with Crippen LogP contribution in [0, 0.1) is 0 Å². The number of nitrogens with zero attached hydrogens (tertiary/aromatic N) is 4. The van der Waals surface area contributed by atoms with Crippen LogP contribution >= 0.6 is 0 Å². The molecule has 9 nitrogen and oxygen atoms in total. The van der Waals surface area contributed by atoms with E-state index in [1.165, 1.54) is 6.92 Å². The zero-order valence-electron chi connectivity index (χ0n) is 20.7. The summed E-state index contributed by atoms with van der Waals surface area (Å²) in [7, 11) is 1.63. The number of amides is 2. The number of methoxy groups -OCH3 is 1. The van der Waals surface area contributed by atoms with Crippen molar-refractivity contribution < 1.29 is 14.3 Å². The lowest BCUT2D eigenvalue weighted by Crippen LogP contribution is -2.49. The summed E-state index contributed by atoms with van der Waals surface area (Å²) >= 11 is 0. The summed E-state index contributed by atoms with van der Waals surface area (Å²) in [6.07, 6.45) is 0.352. The number of hydrogen-bond acceptors (Lipinski definition) is 7. The van der Waals surface area contributed by atoms with Crippen LogP contribution in [0.3, 0.4) is 0 Å². The molecule has 0 aliphatic carbocycles. The van der Waals surface area contributed by atoms with Crippen molar-refractivity contribution >= 4 is 23.5 Å². The molecule has 1 saturated heterocycles.